The van der Waals surface area contributed by atoms with Gasteiger partial charge in [0.2, 0.25) is 0 Å². The van der Waals surface area contributed by atoms with E-state index in [1.54, 1.807) is 0 Å². The summed E-state index contributed by atoms with van der Waals surface area (Å²) in [7, 11) is 0. The zero-order valence-corrected chi connectivity index (χ0v) is 6.17. The molecular formula is C7H13NO2. The summed E-state index contributed by atoms with van der Waals surface area (Å²) in [5, 5.41) is 0. The number of carbonyl (C=O) groups excluding carboxylic acids is 1. The number of hydrogen-bond acceptors (Lipinski definition) is 2. The van der Waals surface area contributed by atoms with E-state index in [4.69, 9.17) is 10.5 Å². The minimum atomic E-state index is -0.640. The largest absolute Gasteiger partial charge is 0.446 e. The van der Waals surface area contributed by atoms with Crippen molar-refractivity contribution in [3.63, 3.8) is 0 Å². The van der Waals surface area contributed by atoms with Crippen LogP contribution >= 0.6 is 0 Å². The molecule has 0 radical (unpaired) electrons. The quantitative estimate of drug-likeness (QED) is 0.601. The predicted octanol–water partition coefficient (Wildman–Crippen LogP) is 1.27. The fourth-order valence-electron chi connectivity index (χ4n) is 1.44. The first-order valence-electron chi connectivity index (χ1n) is 3.66. The van der Waals surface area contributed by atoms with Crippen LogP contribution < -0.4 is 5.73 Å². The van der Waals surface area contributed by atoms with Gasteiger partial charge in [0.15, 0.2) is 0 Å². The molecule has 58 valence electrons. The molecule has 0 spiro atoms. The smallest absolute Gasteiger partial charge is 0.404 e. The number of amides is 1. The molecule has 1 aliphatic carbocycles. The van der Waals surface area contributed by atoms with Gasteiger partial charge in [-0.2, -0.15) is 0 Å². The van der Waals surface area contributed by atoms with Crippen molar-refractivity contribution in [3.8, 4) is 0 Å². The van der Waals surface area contributed by atoms with Crippen LogP contribution in [-0.2, 0) is 4.74 Å². The molecule has 0 saturated heterocycles. The van der Waals surface area contributed by atoms with Crippen LogP contribution in [0.3, 0.4) is 0 Å². The molecule has 3 nitrogen and oxygen atoms in total. The van der Waals surface area contributed by atoms with E-state index in [0.29, 0.717) is 5.92 Å². The lowest BCUT2D eigenvalue weighted by Crippen LogP contribution is -2.24. The SMILES string of the molecule is C[C@@H]1CCC[C@H]1OC(N)=O. The second kappa shape index (κ2) is 2.90. The summed E-state index contributed by atoms with van der Waals surface area (Å²) in [5.41, 5.74) is 4.87. The van der Waals surface area contributed by atoms with E-state index in [1.165, 1.54) is 0 Å². The highest BCUT2D eigenvalue weighted by molar-refractivity contribution is 5.64. The maximum absolute atomic E-state index is 10.3. The molecule has 3 heteroatoms. The third-order valence-electron chi connectivity index (χ3n) is 2.05. The van der Waals surface area contributed by atoms with Crippen LogP contribution in [0.1, 0.15) is 26.2 Å². The Bertz CT molecular complexity index is 136. The lowest BCUT2D eigenvalue weighted by Gasteiger charge is -2.13. The summed E-state index contributed by atoms with van der Waals surface area (Å²) in [4.78, 5) is 10.3. The molecule has 1 saturated carbocycles. The Morgan fingerprint density at radius 1 is 1.60 bits per heavy atom. The molecule has 2 atom stereocenters. The number of primary amides is 1. The maximum Gasteiger partial charge on any atom is 0.404 e. The monoisotopic (exact) mass is 143 g/mol. The Morgan fingerprint density at radius 3 is 2.70 bits per heavy atom. The number of nitrogens with two attached hydrogens (primary N) is 1. The average Bonchev–Trinajstić information content (AvgIpc) is 2.15. The standard InChI is InChI=1S/C7H13NO2/c1-5-3-2-4-6(5)10-7(8)9/h5-6H,2-4H2,1H3,(H2,8,9)/t5-,6-/m1/s1. The van der Waals surface area contributed by atoms with Crippen molar-refractivity contribution in [2.24, 2.45) is 11.7 Å². The molecule has 0 unspecified atom stereocenters. The first kappa shape index (κ1) is 7.38. The Kier molecular flexibility index (Phi) is 2.14. The van der Waals surface area contributed by atoms with Crippen LogP contribution in [0.5, 0.6) is 0 Å². The Labute approximate surface area is 60.5 Å². The highest BCUT2D eigenvalue weighted by atomic mass is 16.6. The Balaban J connectivity index is 2.33. The maximum atomic E-state index is 10.3. The highest BCUT2D eigenvalue weighted by Crippen LogP contribution is 2.27. The lowest BCUT2D eigenvalue weighted by atomic mass is 10.1. The van der Waals surface area contributed by atoms with Crippen LogP contribution in [0.25, 0.3) is 0 Å². The highest BCUT2D eigenvalue weighted by Gasteiger charge is 2.25. The number of ether oxygens (including phenoxy) is 1. The summed E-state index contributed by atoms with van der Waals surface area (Å²) in [5.74, 6) is 0.493. The van der Waals surface area contributed by atoms with Crippen molar-refractivity contribution in [2.45, 2.75) is 32.3 Å². The van der Waals surface area contributed by atoms with Crippen LogP contribution in [-0.4, -0.2) is 12.2 Å². The van der Waals surface area contributed by atoms with Crippen LogP contribution in [0, 0.1) is 5.92 Å². The van der Waals surface area contributed by atoms with Gasteiger partial charge < -0.3 is 10.5 Å². The predicted molar refractivity (Wildman–Crippen MR) is 37.5 cm³/mol. The molecule has 0 aliphatic heterocycles. The summed E-state index contributed by atoms with van der Waals surface area (Å²) in [6.45, 7) is 2.08. The van der Waals surface area contributed by atoms with Gasteiger partial charge in [0.1, 0.15) is 6.10 Å². The molecule has 0 aromatic heterocycles. The third kappa shape index (κ3) is 1.62. The van der Waals surface area contributed by atoms with Crippen LogP contribution in [0.2, 0.25) is 0 Å². The number of hydrogen-bond donors (Lipinski definition) is 1. The van der Waals surface area contributed by atoms with E-state index in [-0.39, 0.29) is 6.10 Å². The van der Waals surface area contributed by atoms with Gasteiger partial charge in [0, 0.05) is 0 Å². The number of rotatable bonds is 1. The minimum absolute atomic E-state index is 0.0810. The normalized spacial score (nSPS) is 32.1. The van der Waals surface area contributed by atoms with E-state index in [0.717, 1.165) is 19.3 Å². The molecule has 0 heterocycles. The van der Waals surface area contributed by atoms with Gasteiger partial charge in [-0.3, -0.25) is 0 Å². The Morgan fingerprint density at radius 2 is 2.30 bits per heavy atom. The summed E-state index contributed by atoms with van der Waals surface area (Å²) >= 11 is 0. The fourth-order valence-corrected chi connectivity index (χ4v) is 1.44. The van der Waals surface area contributed by atoms with Crippen molar-refractivity contribution in [1.29, 1.82) is 0 Å². The second-order valence-corrected chi connectivity index (χ2v) is 2.88. The number of carbonyl (C=O) groups is 1. The van der Waals surface area contributed by atoms with Gasteiger partial charge in [-0.05, 0) is 25.2 Å². The second-order valence-electron chi connectivity index (χ2n) is 2.88. The zero-order valence-electron chi connectivity index (χ0n) is 6.17. The molecule has 10 heavy (non-hydrogen) atoms. The van der Waals surface area contributed by atoms with Gasteiger partial charge in [0.25, 0.3) is 0 Å². The summed E-state index contributed by atoms with van der Waals surface area (Å²) in [6, 6.07) is 0. The molecular weight excluding hydrogens is 130 g/mol. The lowest BCUT2D eigenvalue weighted by molar-refractivity contribution is 0.0880. The van der Waals surface area contributed by atoms with Crippen molar-refractivity contribution in [2.75, 3.05) is 0 Å². The van der Waals surface area contributed by atoms with Crippen molar-refractivity contribution in [1.82, 2.24) is 0 Å². The van der Waals surface area contributed by atoms with E-state index in [2.05, 4.69) is 6.92 Å². The van der Waals surface area contributed by atoms with Crippen molar-refractivity contribution >= 4 is 6.09 Å². The van der Waals surface area contributed by atoms with E-state index < -0.39 is 6.09 Å². The van der Waals surface area contributed by atoms with Gasteiger partial charge in [-0.1, -0.05) is 6.92 Å². The molecule has 0 bridgehead atoms. The molecule has 2 N–H and O–H groups in total. The zero-order chi connectivity index (χ0) is 7.56. The molecule has 1 fully saturated rings. The minimum Gasteiger partial charge on any atom is -0.446 e. The average molecular weight is 143 g/mol. The fraction of sp³-hybridized carbons (Fsp3) is 0.857. The van der Waals surface area contributed by atoms with Gasteiger partial charge in [0.05, 0.1) is 0 Å². The van der Waals surface area contributed by atoms with Crippen molar-refractivity contribution < 1.29 is 9.53 Å². The third-order valence-corrected chi connectivity index (χ3v) is 2.05. The first-order valence-corrected chi connectivity index (χ1v) is 3.66. The topological polar surface area (TPSA) is 52.3 Å². The van der Waals surface area contributed by atoms with Gasteiger partial charge in [-0.15, -0.1) is 0 Å². The van der Waals surface area contributed by atoms with E-state index in [1.807, 2.05) is 0 Å². The molecule has 0 aromatic carbocycles. The molecule has 0 aromatic rings. The van der Waals surface area contributed by atoms with E-state index >= 15 is 0 Å². The van der Waals surface area contributed by atoms with Crippen molar-refractivity contribution in [3.05, 3.63) is 0 Å². The van der Waals surface area contributed by atoms with Gasteiger partial charge in [-0.25, -0.2) is 4.79 Å². The van der Waals surface area contributed by atoms with Gasteiger partial charge >= 0.3 is 6.09 Å². The summed E-state index contributed by atoms with van der Waals surface area (Å²) in [6.07, 6.45) is 2.72. The molecule has 1 rings (SSSR count). The first-order chi connectivity index (χ1) is 4.70. The summed E-state index contributed by atoms with van der Waals surface area (Å²) < 4.78 is 4.86. The Hall–Kier alpha value is -0.730. The van der Waals surface area contributed by atoms with Crippen LogP contribution in [0.15, 0.2) is 0 Å². The van der Waals surface area contributed by atoms with E-state index in [9.17, 15) is 4.79 Å². The van der Waals surface area contributed by atoms with Crippen LogP contribution in [0.4, 0.5) is 4.79 Å². The molecule has 1 aliphatic rings. The molecule has 1 amide bonds.